The first-order valence-corrected chi connectivity index (χ1v) is 14.6. The van der Waals surface area contributed by atoms with Crippen molar-refractivity contribution in [2.24, 2.45) is 5.92 Å². The second kappa shape index (κ2) is 11.8. The summed E-state index contributed by atoms with van der Waals surface area (Å²) in [7, 11) is 0. The van der Waals surface area contributed by atoms with Crippen LogP contribution in [0.4, 0.5) is 4.79 Å². The Bertz CT molecular complexity index is 1760. The lowest BCUT2D eigenvalue weighted by atomic mass is 10.0. The molecular weight excluding hydrogens is 542 g/mol. The molecule has 6 rings (SSSR count). The zero-order valence-corrected chi connectivity index (χ0v) is 24.4. The van der Waals surface area contributed by atoms with Gasteiger partial charge in [0.2, 0.25) is 5.91 Å². The van der Waals surface area contributed by atoms with Gasteiger partial charge in [-0.3, -0.25) is 4.79 Å². The van der Waals surface area contributed by atoms with Gasteiger partial charge in [-0.1, -0.05) is 49.5 Å². The number of fused-ring (bicyclic) bond motifs is 1. The third-order valence-corrected chi connectivity index (χ3v) is 8.05. The van der Waals surface area contributed by atoms with Crippen LogP contribution in [-0.4, -0.2) is 61.1 Å². The third kappa shape index (κ3) is 6.03. The summed E-state index contributed by atoms with van der Waals surface area (Å²) in [6, 6.07) is 13.1. The molecule has 4 heterocycles. The minimum absolute atomic E-state index is 0.115. The van der Waals surface area contributed by atoms with Gasteiger partial charge < -0.3 is 30.6 Å². The number of amides is 2. The molecular formula is C33H35N7O3. The highest BCUT2D eigenvalue weighted by molar-refractivity contribution is 5.86. The number of rotatable bonds is 6. The molecule has 2 aliphatic heterocycles. The molecule has 2 aromatic heterocycles. The minimum atomic E-state index is -1.20. The molecule has 10 heteroatoms. The highest BCUT2D eigenvalue weighted by Crippen LogP contribution is 2.32. The average molecular weight is 578 g/mol. The van der Waals surface area contributed by atoms with Gasteiger partial charge in [-0.15, -0.1) is 0 Å². The van der Waals surface area contributed by atoms with E-state index in [1.807, 2.05) is 56.3 Å². The minimum Gasteiger partial charge on any atom is -0.465 e. The van der Waals surface area contributed by atoms with Crippen LogP contribution in [-0.2, 0) is 4.79 Å². The summed E-state index contributed by atoms with van der Waals surface area (Å²) in [5, 5.41) is 15.0. The fourth-order valence-electron chi connectivity index (χ4n) is 5.77. The molecule has 10 nitrogen and oxygen atoms in total. The van der Waals surface area contributed by atoms with Gasteiger partial charge in [0.05, 0.1) is 35.0 Å². The Morgan fingerprint density at radius 1 is 1.07 bits per heavy atom. The van der Waals surface area contributed by atoms with Crippen LogP contribution < -0.4 is 10.6 Å². The maximum atomic E-state index is 13.3. The van der Waals surface area contributed by atoms with Crippen molar-refractivity contribution in [3.63, 3.8) is 0 Å². The Kier molecular flexibility index (Phi) is 7.74. The summed E-state index contributed by atoms with van der Waals surface area (Å²) in [6.45, 7) is 7.24. The molecule has 220 valence electrons. The van der Waals surface area contributed by atoms with Crippen LogP contribution >= 0.6 is 0 Å². The van der Waals surface area contributed by atoms with Gasteiger partial charge in [0.25, 0.3) is 0 Å². The van der Waals surface area contributed by atoms with Crippen molar-refractivity contribution in [3.8, 4) is 23.1 Å². The number of likely N-dealkylation sites (tertiary alicyclic amines) is 1. The van der Waals surface area contributed by atoms with E-state index in [9.17, 15) is 14.7 Å². The number of imidazole rings is 2. The second-order valence-corrected chi connectivity index (χ2v) is 11.6. The molecule has 4 aromatic rings. The molecule has 43 heavy (non-hydrogen) atoms. The summed E-state index contributed by atoms with van der Waals surface area (Å²) >= 11 is 0. The average Bonchev–Trinajstić information content (AvgIpc) is 3.80. The lowest BCUT2D eigenvalue weighted by Gasteiger charge is -2.29. The Hall–Kier alpha value is -4.88. The van der Waals surface area contributed by atoms with Crippen LogP contribution in [0.1, 0.15) is 68.5 Å². The SMILES string of the molecule is CC1=C[C@@H](c2nc3ccc(C#Cc4ccc(-c5cnc([C@@H]6CCCN6C(=O)[C@@H](NC(=O)O)C(C)C)[nH]5)cc4)cc3[nH]2)NC1. The fourth-order valence-corrected chi connectivity index (χ4v) is 5.77. The highest BCUT2D eigenvalue weighted by Gasteiger charge is 2.37. The van der Waals surface area contributed by atoms with Crippen LogP contribution in [0.25, 0.3) is 22.3 Å². The topological polar surface area (TPSA) is 139 Å². The van der Waals surface area contributed by atoms with E-state index >= 15 is 0 Å². The number of aromatic nitrogens is 4. The van der Waals surface area contributed by atoms with Crippen molar-refractivity contribution >= 4 is 23.0 Å². The summed E-state index contributed by atoms with van der Waals surface area (Å²) in [5.74, 6) is 7.74. The van der Waals surface area contributed by atoms with Crippen LogP contribution in [0, 0.1) is 17.8 Å². The summed E-state index contributed by atoms with van der Waals surface area (Å²) < 4.78 is 0. The van der Waals surface area contributed by atoms with Crippen LogP contribution in [0.2, 0.25) is 0 Å². The Morgan fingerprint density at radius 3 is 2.56 bits per heavy atom. The number of aromatic amines is 2. The Labute approximate surface area is 250 Å². The molecule has 2 amide bonds. The zero-order chi connectivity index (χ0) is 30.1. The number of carboxylic acid groups (broad SMARTS) is 1. The number of carbonyl (C=O) groups excluding carboxylic acids is 1. The molecule has 3 atom stereocenters. The van der Waals surface area contributed by atoms with E-state index in [1.54, 1.807) is 11.1 Å². The fraction of sp³-hybridized carbons (Fsp3) is 0.333. The third-order valence-electron chi connectivity index (χ3n) is 8.05. The number of hydrogen-bond acceptors (Lipinski definition) is 5. The van der Waals surface area contributed by atoms with Gasteiger partial charge in [0, 0.05) is 24.2 Å². The Morgan fingerprint density at radius 2 is 1.84 bits per heavy atom. The maximum absolute atomic E-state index is 13.3. The molecule has 0 aliphatic carbocycles. The molecule has 0 radical (unpaired) electrons. The van der Waals surface area contributed by atoms with Gasteiger partial charge >= 0.3 is 6.09 Å². The number of benzene rings is 2. The van der Waals surface area contributed by atoms with Crippen molar-refractivity contribution in [2.45, 2.75) is 51.7 Å². The summed E-state index contributed by atoms with van der Waals surface area (Å²) in [5.41, 5.74) is 6.81. The predicted octanol–water partition coefficient (Wildman–Crippen LogP) is 4.90. The monoisotopic (exact) mass is 577 g/mol. The zero-order valence-electron chi connectivity index (χ0n) is 24.4. The number of nitrogens with zero attached hydrogens (tertiary/aromatic N) is 3. The molecule has 0 spiro atoms. The predicted molar refractivity (Wildman–Crippen MR) is 164 cm³/mol. The molecule has 0 unspecified atom stereocenters. The van der Waals surface area contributed by atoms with Crippen LogP contribution in [0.15, 0.2) is 60.3 Å². The molecule has 2 aromatic carbocycles. The summed E-state index contributed by atoms with van der Waals surface area (Å²) in [6.07, 6.45) is 4.37. The molecule has 5 N–H and O–H groups in total. The normalized spacial score (nSPS) is 18.9. The second-order valence-electron chi connectivity index (χ2n) is 11.6. The maximum Gasteiger partial charge on any atom is 0.405 e. The van der Waals surface area contributed by atoms with Crippen LogP contribution in [0.3, 0.4) is 0 Å². The lowest BCUT2D eigenvalue weighted by molar-refractivity contribution is -0.135. The van der Waals surface area contributed by atoms with E-state index in [0.29, 0.717) is 12.4 Å². The van der Waals surface area contributed by atoms with Crippen molar-refractivity contribution in [2.75, 3.05) is 13.1 Å². The molecule has 1 fully saturated rings. The first kappa shape index (κ1) is 28.2. The van der Waals surface area contributed by atoms with Gasteiger partial charge in [0.15, 0.2) is 0 Å². The quantitative estimate of drug-likeness (QED) is 0.163. The van der Waals surface area contributed by atoms with E-state index in [1.165, 1.54) is 5.57 Å². The Balaban J connectivity index is 1.14. The number of nitrogens with one attached hydrogen (secondary N) is 4. The first-order valence-electron chi connectivity index (χ1n) is 14.6. The number of hydrogen-bond donors (Lipinski definition) is 5. The molecule has 0 saturated carbocycles. The first-order chi connectivity index (χ1) is 20.7. The standard InChI is InChI=1S/C33H35N7O3/c1-19(2)29(39-33(42)43)32(41)40-14-4-5-28(40)31-35-18-27(38-31)23-11-8-21(9-12-23)6-7-22-10-13-24-25(16-22)37-30(36-24)26-15-20(3)17-34-26/h8-13,15-16,18-19,26,28-29,34,39H,4-5,14,17H2,1-3H3,(H,35,38)(H,36,37)(H,42,43)/t26-,28-,29-/m0/s1. The molecule has 1 saturated heterocycles. The van der Waals surface area contributed by atoms with Crippen molar-refractivity contribution in [1.82, 2.24) is 35.5 Å². The van der Waals surface area contributed by atoms with Gasteiger partial charge in [0.1, 0.15) is 17.7 Å². The van der Waals surface area contributed by atoms with Gasteiger partial charge in [-0.2, -0.15) is 0 Å². The van der Waals surface area contributed by atoms with Crippen molar-refractivity contribution < 1.29 is 14.7 Å². The molecule has 0 bridgehead atoms. The van der Waals surface area contributed by atoms with Crippen molar-refractivity contribution in [3.05, 3.63) is 83.1 Å². The van der Waals surface area contributed by atoms with E-state index in [0.717, 1.165) is 58.6 Å². The van der Waals surface area contributed by atoms with E-state index in [-0.39, 0.29) is 23.9 Å². The smallest absolute Gasteiger partial charge is 0.405 e. The van der Waals surface area contributed by atoms with E-state index in [2.05, 4.69) is 50.4 Å². The lowest BCUT2D eigenvalue weighted by Crippen LogP contribution is -2.50. The highest BCUT2D eigenvalue weighted by atomic mass is 16.4. The number of carbonyl (C=O) groups is 2. The van der Waals surface area contributed by atoms with Crippen LogP contribution in [0.5, 0.6) is 0 Å². The van der Waals surface area contributed by atoms with E-state index in [4.69, 9.17) is 4.98 Å². The number of H-pyrrole nitrogens is 2. The summed E-state index contributed by atoms with van der Waals surface area (Å²) in [4.78, 5) is 42.4. The largest absolute Gasteiger partial charge is 0.465 e. The van der Waals surface area contributed by atoms with Gasteiger partial charge in [-0.25, -0.2) is 14.8 Å². The van der Waals surface area contributed by atoms with Gasteiger partial charge in [-0.05, 0) is 61.6 Å². The molecule has 2 aliphatic rings. The van der Waals surface area contributed by atoms with E-state index < -0.39 is 12.1 Å². The van der Waals surface area contributed by atoms with Crippen molar-refractivity contribution in [1.29, 1.82) is 0 Å².